The van der Waals surface area contributed by atoms with E-state index in [0.29, 0.717) is 12.3 Å². The van der Waals surface area contributed by atoms with Crippen LogP contribution in [0.5, 0.6) is 0 Å². The minimum absolute atomic E-state index is 0.157. The molecule has 0 saturated heterocycles. The van der Waals surface area contributed by atoms with Crippen LogP contribution in [0.25, 0.3) is 0 Å². The van der Waals surface area contributed by atoms with Crippen LogP contribution in [0.3, 0.4) is 0 Å². The van der Waals surface area contributed by atoms with Gasteiger partial charge in [-0.05, 0) is 20.3 Å². The lowest BCUT2D eigenvalue weighted by Crippen LogP contribution is -2.23. The number of halogens is 3. The van der Waals surface area contributed by atoms with Crippen LogP contribution in [0.15, 0.2) is 5.16 Å². The number of hydrogen-bond acceptors (Lipinski definition) is 4. The molecule has 0 aromatic heterocycles. The zero-order valence-electron chi connectivity index (χ0n) is 10.2. The van der Waals surface area contributed by atoms with Gasteiger partial charge in [0.2, 0.25) is 0 Å². The molecule has 0 fully saturated rings. The summed E-state index contributed by atoms with van der Waals surface area (Å²) >= 11 is 0. The van der Waals surface area contributed by atoms with Gasteiger partial charge in [0.15, 0.2) is 0 Å². The van der Waals surface area contributed by atoms with Crippen LogP contribution in [0.1, 0.15) is 33.1 Å². The molecule has 0 saturated carbocycles. The van der Waals surface area contributed by atoms with E-state index in [1.165, 1.54) is 6.92 Å². The Bertz CT molecular complexity index is 362. The summed E-state index contributed by atoms with van der Waals surface area (Å²) in [6, 6.07) is 3.30. The lowest BCUT2D eigenvalue weighted by molar-refractivity contribution is -0.138. The molecular weight excluding hydrogens is 247 g/mol. The van der Waals surface area contributed by atoms with Crippen molar-refractivity contribution >= 4 is 5.71 Å². The van der Waals surface area contributed by atoms with Crippen LogP contribution in [0.2, 0.25) is 0 Å². The Morgan fingerprint density at radius 3 is 2.17 bits per heavy atom. The molecule has 0 aliphatic rings. The highest BCUT2D eigenvalue weighted by Crippen LogP contribution is 2.33. The topological polar surface area (TPSA) is 69.2 Å². The zero-order chi connectivity index (χ0) is 14.2. The second kappa shape index (κ2) is 6.85. The average Bonchev–Trinajstić information content (AvgIpc) is 2.31. The second-order valence-electron chi connectivity index (χ2n) is 3.84. The third-order valence-electron chi connectivity index (χ3n) is 2.17. The molecule has 0 heterocycles. The van der Waals surface area contributed by atoms with Gasteiger partial charge >= 0.3 is 6.18 Å². The summed E-state index contributed by atoms with van der Waals surface area (Å²) in [7, 11) is 0. The molecule has 0 bridgehead atoms. The Morgan fingerprint density at radius 2 is 1.78 bits per heavy atom. The summed E-state index contributed by atoms with van der Waals surface area (Å²) < 4.78 is 36.4. The van der Waals surface area contributed by atoms with Crippen LogP contribution >= 0.6 is 0 Å². The zero-order valence-corrected chi connectivity index (χ0v) is 10.2. The Kier molecular flexibility index (Phi) is 6.18. The van der Waals surface area contributed by atoms with Crippen molar-refractivity contribution in [1.82, 2.24) is 0 Å². The second-order valence-corrected chi connectivity index (χ2v) is 3.84. The number of nitrogens with zero attached hydrogens (tertiary/aromatic N) is 3. The molecule has 0 spiro atoms. The van der Waals surface area contributed by atoms with E-state index in [2.05, 4.69) is 5.16 Å². The quantitative estimate of drug-likeness (QED) is 0.544. The SMILES string of the molecule is CCON=C(C)CC(C#N)(C#N)CCC(F)(F)F. The highest BCUT2D eigenvalue weighted by Gasteiger charge is 2.37. The summed E-state index contributed by atoms with van der Waals surface area (Å²) in [5.74, 6) is 0. The van der Waals surface area contributed by atoms with Gasteiger partial charge in [0.1, 0.15) is 12.0 Å². The van der Waals surface area contributed by atoms with E-state index < -0.39 is 24.4 Å². The highest BCUT2D eigenvalue weighted by atomic mass is 19.4. The van der Waals surface area contributed by atoms with Crippen molar-refractivity contribution in [1.29, 1.82) is 10.5 Å². The number of nitriles is 2. The molecular formula is C11H14F3N3O. The first-order valence-corrected chi connectivity index (χ1v) is 5.33. The van der Waals surface area contributed by atoms with Crippen molar-refractivity contribution in [2.45, 2.75) is 39.3 Å². The number of hydrogen-bond donors (Lipinski definition) is 0. The molecule has 100 valence electrons. The summed E-state index contributed by atoms with van der Waals surface area (Å²) in [5, 5.41) is 21.4. The molecule has 18 heavy (non-hydrogen) atoms. The lowest BCUT2D eigenvalue weighted by Gasteiger charge is -2.18. The third-order valence-corrected chi connectivity index (χ3v) is 2.17. The van der Waals surface area contributed by atoms with Crippen molar-refractivity contribution < 1.29 is 18.0 Å². The summed E-state index contributed by atoms with van der Waals surface area (Å²) in [4.78, 5) is 4.72. The van der Waals surface area contributed by atoms with Gasteiger partial charge in [0.25, 0.3) is 0 Å². The summed E-state index contributed by atoms with van der Waals surface area (Å²) in [6.45, 7) is 3.51. The van der Waals surface area contributed by atoms with Crippen LogP contribution in [0.4, 0.5) is 13.2 Å². The van der Waals surface area contributed by atoms with Gasteiger partial charge in [-0.3, -0.25) is 0 Å². The smallest absolute Gasteiger partial charge is 0.389 e. The largest absolute Gasteiger partial charge is 0.396 e. The first-order valence-electron chi connectivity index (χ1n) is 5.33. The van der Waals surface area contributed by atoms with E-state index >= 15 is 0 Å². The number of rotatable bonds is 6. The van der Waals surface area contributed by atoms with Crippen LogP contribution in [0, 0.1) is 28.1 Å². The van der Waals surface area contributed by atoms with Crippen LogP contribution < -0.4 is 0 Å². The molecule has 0 amide bonds. The van der Waals surface area contributed by atoms with Crippen molar-refractivity contribution in [3.8, 4) is 12.1 Å². The van der Waals surface area contributed by atoms with E-state index in [9.17, 15) is 13.2 Å². The van der Waals surface area contributed by atoms with Crippen molar-refractivity contribution in [2.75, 3.05) is 6.61 Å². The van der Waals surface area contributed by atoms with Gasteiger partial charge in [-0.2, -0.15) is 23.7 Å². The monoisotopic (exact) mass is 261 g/mol. The van der Waals surface area contributed by atoms with Crippen molar-refractivity contribution in [3.05, 3.63) is 0 Å². The minimum atomic E-state index is -4.39. The molecule has 0 unspecified atom stereocenters. The van der Waals surface area contributed by atoms with Gasteiger partial charge in [-0.25, -0.2) is 0 Å². The average molecular weight is 261 g/mol. The maximum atomic E-state index is 12.1. The fourth-order valence-electron chi connectivity index (χ4n) is 1.30. The molecule has 0 rings (SSSR count). The Balaban J connectivity index is 4.75. The van der Waals surface area contributed by atoms with Gasteiger partial charge < -0.3 is 4.84 Å². The van der Waals surface area contributed by atoms with E-state index in [1.54, 1.807) is 19.1 Å². The fraction of sp³-hybridized carbons (Fsp3) is 0.727. The molecule has 0 aromatic carbocycles. The molecule has 0 atom stereocenters. The number of oxime groups is 1. The Labute approximate surface area is 104 Å². The van der Waals surface area contributed by atoms with Crippen molar-refractivity contribution in [2.24, 2.45) is 10.6 Å². The molecule has 7 heteroatoms. The minimum Gasteiger partial charge on any atom is -0.396 e. The maximum absolute atomic E-state index is 12.1. The first kappa shape index (κ1) is 16.2. The van der Waals surface area contributed by atoms with Gasteiger partial charge in [0.05, 0.1) is 17.9 Å². The maximum Gasteiger partial charge on any atom is 0.389 e. The molecule has 0 aliphatic carbocycles. The van der Waals surface area contributed by atoms with Gasteiger partial charge in [-0.15, -0.1) is 0 Å². The van der Waals surface area contributed by atoms with E-state index in [1.807, 2.05) is 0 Å². The fourth-order valence-corrected chi connectivity index (χ4v) is 1.30. The lowest BCUT2D eigenvalue weighted by atomic mass is 9.81. The Hall–Kier alpha value is -1.76. The summed E-state index contributed by atoms with van der Waals surface area (Å²) in [6.07, 6.45) is -6.28. The molecule has 4 nitrogen and oxygen atoms in total. The standard InChI is InChI=1S/C11H14F3N3O/c1-3-18-17-9(2)6-10(7-15,8-16)4-5-11(12,13)14/h3-6H2,1-2H3. The van der Waals surface area contributed by atoms with E-state index in [-0.39, 0.29) is 6.42 Å². The van der Waals surface area contributed by atoms with Gasteiger partial charge in [-0.1, -0.05) is 5.16 Å². The Morgan fingerprint density at radius 1 is 1.22 bits per heavy atom. The van der Waals surface area contributed by atoms with Crippen LogP contribution in [-0.4, -0.2) is 18.5 Å². The predicted octanol–water partition coefficient (Wildman–Crippen LogP) is 3.16. The molecule has 0 aliphatic heterocycles. The predicted molar refractivity (Wildman–Crippen MR) is 58.3 cm³/mol. The third kappa shape index (κ3) is 6.09. The van der Waals surface area contributed by atoms with Crippen LogP contribution in [-0.2, 0) is 4.84 Å². The van der Waals surface area contributed by atoms with Gasteiger partial charge in [0, 0.05) is 12.8 Å². The molecule has 0 aromatic rings. The number of alkyl halides is 3. The highest BCUT2D eigenvalue weighted by molar-refractivity contribution is 5.82. The van der Waals surface area contributed by atoms with E-state index in [0.717, 1.165) is 0 Å². The normalized spacial score (nSPS) is 12.7. The van der Waals surface area contributed by atoms with Crippen molar-refractivity contribution in [3.63, 3.8) is 0 Å². The summed E-state index contributed by atoms with van der Waals surface area (Å²) in [5.41, 5.74) is -1.39. The molecule has 0 N–H and O–H groups in total. The first-order chi connectivity index (χ1) is 8.28. The van der Waals surface area contributed by atoms with E-state index in [4.69, 9.17) is 15.4 Å². The molecule has 0 radical (unpaired) electrons.